The zero-order valence-electron chi connectivity index (χ0n) is 15.3. The van der Waals surface area contributed by atoms with E-state index in [1.54, 1.807) is 0 Å². The summed E-state index contributed by atoms with van der Waals surface area (Å²) in [6, 6.07) is 14.6. The lowest BCUT2D eigenvalue weighted by Gasteiger charge is -2.35. The highest BCUT2D eigenvalue weighted by atomic mass is 16.2. The maximum absolute atomic E-state index is 12.8. The summed E-state index contributed by atoms with van der Waals surface area (Å²) in [6.07, 6.45) is 3.39. The first-order chi connectivity index (χ1) is 12.7. The molecule has 3 heterocycles. The summed E-state index contributed by atoms with van der Waals surface area (Å²) in [5.41, 5.74) is 2.39. The second-order valence-corrected chi connectivity index (χ2v) is 7.21. The number of piperazine rings is 1. The second-order valence-electron chi connectivity index (χ2n) is 7.21. The zero-order valence-corrected chi connectivity index (χ0v) is 15.3. The van der Waals surface area contributed by atoms with Crippen LogP contribution in [-0.4, -0.2) is 54.6 Å². The molecule has 0 aliphatic carbocycles. The molecule has 1 amide bonds. The summed E-state index contributed by atoms with van der Waals surface area (Å²) in [5, 5.41) is 0. The van der Waals surface area contributed by atoms with Crippen molar-refractivity contribution < 1.29 is 4.79 Å². The van der Waals surface area contributed by atoms with Crippen LogP contribution in [0.1, 0.15) is 18.9 Å². The number of hydrogen-bond acceptors (Lipinski definition) is 4. The maximum Gasteiger partial charge on any atom is 0.228 e. The predicted molar refractivity (Wildman–Crippen MR) is 105 cm³/mol. The molecule has 5 heteroatoms. The first-order valence-electron chi connectivity index (χ1n) is 9.50. The Morgan fingerprint density at radius 1 is 1.08 bits per heavy atom. The maximum atomic E-state index is 12.8. The molecule has 5 nitrogen and oxygen atoms in total. The van der Waals surface area contributed by atoms with Crippen LogP contribution in [0.15, 0.2) is 48.7 Å². The number of pyridine rings is 1. The molecule has 0 radical (unpaired) electrons. The zero-order chi connectivity index (χ0) is 17.9. The molecular formula is C21H26N4O. The van der Waals surface area contributed by atoms with Crippen molar-refractivity contribution >= 4 is 17.4 Å². The van der Waals surface area contributed by atoms with Crippen molar-refractivity contribution in [1.29, 1.82) is 0 Å². The van der Waals surface area contributed by atoms with E-state index < -0.39 is 0 Å². The van der Waals surface area contributed by atoms with E-state index in [1.165, 1.54) is 5.56 Å². The van der Waals surface area contributed by atoms with Crippen molar-refractivity contribution in [2.24, 2.45) is 0 Å². The molecule has 2 aliphatic heterocycles. The van der Waals surface area contributed by atoms with Gasteiger partial charge < -0.3 is 9.80 Å². The van der Waals surface area contributed by atoms with Crippen molar-refractivity contribution in [2.75, 3.05) is 42.5 Å². The van der Waals surface area contributed by atoms with Gasteiger partial charge in [-0.25, -0.2) is 4.98 Å². The van der Waals surface area contributed by atoms with Gasteiger partial charge >= 0.3 is 0 Å². The number of hydrogen-bond donors (Lipinski definition) is 0. The fourth-order valence-electron chi connectivity index (χ4n) is 4.06. The highest BCUT2D eigenvalue weighted by molar-refractivity contribution is 5.96. The van der Waals surface area contributed by atoms with Gasteiger partial charge in [0, 0.05) is 57.1 Å². The Labute approximate surface area is 155 Å². The third kappa shape index (κ3) is 3.44. The topological polar surface area (TPSA) is 39.7 Å². The lowest BCUT2D eigenvalue weighted by atomic mass is 10.1. The minimum Gasteiger partial charge on any atom is -0.354 e. The first-order valence-corrected chi connectivity index (χ1v) is 9.50. The van der Waals surface area contributed by atoms with Gasteiger partial charge in [-0.2, -0.15) is 0 Å². The molecule has 136 valence electrons. The Morgan fingerprint density at radius 3 is 2.62 bits per heavy atom. The minimum atomic E-state index is 0.245. The largest absolute Gasteiger partial charge is 0.354 e. The van der Waals surface area contributed by atoms with Crippen LogP contribution in [0.3, 0.4) is 0 Å². The Bertz CT molecular complexity index is 756. The molecule has 1 fully saturated rings. The van der Waals surface area contributed by atoms with E-state index in [9.17, 15) is 4.79 Å². The van der Waals surface area contributed by atoms with Crippen LogP contribution in [0.2, 0.25) is 0 Å². The van der Waals surface area contributed by atoms with Crippen molar-refractivity contribution in [1.82, 2.24) is 9.88 Å². The number of nitrogens with zero attached hydrogens (tertiary/aromatic N) is 4. The fraction of sp³-hybridized carbons (Fsp3) is 0.429. The Morgan fingerprint density at radius 2 is 1.85 bits per heavy atom. The number of amides is 1. The third-order valence-electron chi connectivity index (χ3n) is 5.46. The van der Waals surface area contributed by atoms with Gasteiger partial charge in [0.05, 0.1) is 0 Å². The Hall–Kier alpha value is -2.40. The number of anilines is 2. The fourth-order valence-corrected chi connectivity index (χ4v) is 4.06. The van der Waals surface area contributed by atoms with Crippen LogP contribution < -0.4 is 9.80 Å². The van der Waals surface area contributed by atoms with E-state index in [0.717, 1.165) is 50.6 Å². The summed E-state index contributed by atoms with van der Waals surface area (Å²) < 4.78 is 0. The second kappa shape index (κ2) is 7.46. The average molecular weight is 350 g/mol. The van der Waals surface area contributed by atoms with Gasteiger partial charge in [0.25, 0.3) is 0 Å². The number of carbonyl (C=O) groups is 1. The molecule has 0 spiro atoms. The monoisotopic (exact) mass is 350 g/mol. The number of aromatic nitrogens is 1. The van der Waals surface area contributed by atoms with Crippen molar-refractivity contribution in [3.8, 4) is 0 Å². The summed E-state index contributed by atoms with van der Waals surface area (Å²) in [6.45, 7) is 6.87. The molecule has 26 heavy (non-hydrogen) atoms. The van der Waals surface area contributed by atoms with Crippen LogP contribution in [0.5, 0.6) is 0 Å². The van der Waals surface area contributed by atoms with Crippen LogP contribution >= 0.6 is 0 Å². The van der Waals surface area contributed by atoms with E-state index in [4.69, 9.17) is 0 Å². The summed E-state index contributed by atoms with van der Waals surface area (Å²) >= 11 is 0. The number of para-hydroxylation sites is 1. The highest BCUT2D eigenvalue weighted by Gasteiger charge is 2.30. The number of carbonyl (C=O) groups excluding carboxylic acids is 1. The van der Waals surface area contributed by atoms with Gasteiger partial charge in [0.2, 0.25) is 5.91 Å². The van der Waals surface area contributed by atoms with E-state index in [1.807, 2.05) is 29.3 Å². The van der Waals surface area contributed by atoms with E-state index in [0.29, 0.717) is 6.42 Å². The molecular weight excluding hydrogens is 324 g/mol. The Kier molecular flexibility index (Phi) is 4.89. The standard InChI is InChI=1S/C21H26N4O/c1-17-16-18-6-2-3-7-19(18)25(17)21(26)9-11-23-12-14-24(15-13-23)20-8-4-5-10-22-20/h2-8,10,17H,9,11-16H2,1H3. The highest BCUT2D eigenvalue weighted by Crippen LogP contribution is 2.32. The van der Waals surface area contributed by atoms with E-state index in [-0.39, 0.29) is 11.9 Å². The lowest BCUT2D eigenvalue weighted by Crippen LogP contribution is -2.48. The number of fused-ring (bicyclic) bond motifs is 1. The molecule has 1 aromatic heterocycles. The molecule has 1 atom stereocenters. The van der Waals surface area contributed by atoms with Crippen molar-refractivity contribution in [2.45, 2.75) is 25.8 Å². The average Bonchev–Trinajstić information content (AvgIpc) is 3.03. The minimum absolute atomic E-state index is 0.245. The van der Waals surface area contributed by atoms with Gasteiger partial charge in [-0.05, 0) is 37.1 Å². The molecule has 1 unspecified atom stereocenters. The van der Waals surface area contributed by atoms with Crippen LogP contribution in [0, 0.1) is 0 Å². The number of rotatable bonds is 4. The predicted octanol–water partition coefficient (Wildman–Crippen LogP) is 2.57. The summed E-state index contributed by atoms with van der Waals surface area (Å²) in [7, 11) is 0. The molecule has 1 saturated heterocycles. The lowest BCUT2D eigenvalue weighted by molar-refractivity contribution is -0.119. The SMILES string of the molecule is CC1Cc2ccccc2N1C(=O)CCN1CCN(c2ccccn2)CC1. The smallest absolute Gasteiger partial charge is 0.228 e. The van der Waals surface area contributed by atoms with Gasteiger partial charge in [0.1, 0.15) is 5.82 Å². The van der Waals surface area contributed by atoms with Crippen LogP contribution in [0.25, 0.3) is 0 Å². The van der Waals surface area contributed by atoms with Crippen molar-refractivity contribution in [3.63, 3.8) is 0 Å². The van der Waals surface area contributed by atoms with Gasteiger partial charge in [-0.1, -0.05) is 24.3 Å². The third-order valence-corrected chi connectivity index (χ3v) is 5.46. The first kappa shape index (κ1) is 17.0. The normalized spacial score (nSPS) is 20.3. The molecule has 0 saturated carbocycles. The van der Waals surface area contributed by atoms with Gasteiger partial charge in [-0.15, -0.1) is 0 Å². The van der Waals surface area contributed by atoms with Crippen LogP contribution in [0.4, 0.5) is 11.5 Å². The molecule has 2 aliphatic rings. The van der Waals surface area contributed by atoms with Crippen molar-refractivity contribution in [3.05, 3.63) is 54.2 Å². The molecule has 4 rings (SSSR count). The molecule has 1 aromatic carbocycles. The van der Waals surface area contributed by atoms with Gasteiger partial charge in [-0.3, -0.25) is 9.69 Å². The summed E-state index contributed by atoms with van der Waals surface area (Å²) in [4.78, 5) is 24.0. The van der Waals surface area contributed by atoms with Crippen LogP contribution in [-0.2, 0) is 11.2 Å². The van der Waals surface area contributed by atoms with E-state index in [2.05, 4.69) is 46.0 Å². The molecule has 2 aromatic rings. The number of benzene rings is 1. The van der Waals surface area contributed by atoms with E-state index >= 15 is 0 Å². The Balaban J connectivity index is 1.29. The summed E-state index contributed by atoms with van der Waals surface area (Å²) in [5.74, 6) is 1.29. The quantitative estimate of drug-likeness (QED) is 0.850. The molecule has 0 bridgehead atoms. The molecule has 0 N–H and O–H groups in total. The van der Waals surface area contributed by atoms with Gasteiger partial charge in [0.15, 0.2) is 0 Å².